The van der Waals surface area contributed by atoms with Crippen LogP contribution in [0.1, 0.15) is 50.3 Å². The first kappa shape index (κ1) is 23.2. The number of hydrogen-bond acceptors (Lipinski definition) is 5. The van der Waals surface area contributed by atoms with Gasteiger partial charge in [-0.25, -0.2) is 9.89 Å². The lowest BCUT2D eigenvalue weighted by Gasteiger charge is -2.28. The van der Waals surface area contributed by atoms with Crippen LogP contribution in [0.2, 0.25) is 0 Å². The zero-order valence-corrected chi connectivity index (χ0v) is 20.6. The molecule has 0 saturated carbocycles. The number of amidine groups is 2. The normalized spacial score (nSPS) is 18.8. The summed E-state index contributed by atoms with van der Waals surface area (Å²) >= 11 is 1.33. The van der Waals surface area contributed by atoms with Gasteiger partial charge in [-0.3, -0.25) is 14.6 Å². The number of carbonyl (C=O) groups excluding carboxylic acids is 2. The van der Waals surface area contributed by atoms with Gasteiger partial charge in [0.05, 0.1) is 10.9 Å². The number of thioether (sulfide) groups is 1. The second kappa shape index (κ2) is 9.51. The summed E-state index contributed by atoms with van der Waals surface area (Å²) in [5.41, 5.74) is 4.54. The van der Waals surface area contributed by atoms with Gasteiger partial charge >= 0.3 is 0 Å². The Kier molecular flexibility index (Phi) is 6.70. The molecule has 33 heavy (non-hydrogen) atoms. The first-order valence-electron chi connectivity index (χ1n) is 11.5. The van der Waals surface area contributed by atoms with Crippen LogP contribution in [0.4, 0.5) is 11.4 Å². The predicted octanol–water partition coefficient (Wildman–Crippen LogP) is 5.46. The largest absolute Gasteiger partial charge is 0.325 e. The fourth-order valence-electron chi connectivity index (χ4n) is 3.98. The maximum absolute atomic E-state index is 13.4. The monoisotopic (exact) mass is 462 g/mol. The van der Waals surface area contributed by atoms with E-state index in [4.69, 9.17) is 9.98 Å². The second-order valence-electron chi connectivity index (χ2n) is 8.69. The summed E-state index contributed by atoms with van der Waals surface area (Å²) in [7, 11) is 0. The Bertz CT molecular complexity index is 1160. The maximum Gasteiger partial charge on any atom is 0.259 e. The molecule has 6 nitrogen and oxygen atoms in total. The molecular weight excluding hydrogens is 432 g/mol. The van der Waals surface area contributed by atoms with Gasteiger partial charge in [-0.2, -0.15) is 0 Å². The Morgan fingerprint density at radius 2 is 1.91 bits per heavy atom. The van der Waals surface area contributed by atoms with Crippen molar-refractivity contribution in [2.24, 2.45) is 15.9 Å². The van der Waals surface area contributed by atoms with Crippen LogP contribution >= 0.6 is 11.8 Å². The smallest absolute Gasteiger partial charge is 0.259 e. The van der Waals surface area contributed by atoms with Gasteiger partial charge in [0.15, 0.2) is 5.17 Å². The molecule has 0 spiro atoms. The molecule has 0 aromatic heterocycles. The highest BCUT2D eigenvalue weighted by Crippen LogP contribution is 2.36. The number of para-hydroxylation sites is 1. The Morgan fingerprint density at radius 1 is 1.15 bits per heavy atom. The molecule has 0 saturated heterocycles. The summed E-state index contributed by atoms with van der Waals surface area (Å²) in [6.45, 7) is 10.1. The fraction of sp³-hybridized carbons (Fsp3) is 0.385. The van der Waals surface area contributed by atoms with Crippen LogP contribution in [-0.4, -0.2) is 39.0 Å². The minimum atomic E-state index is -0.425. The van der Waals surface area contributed by atoms with Gasteiger partial charge in [-0.15, -0.1) is 0 Å². The molecule has 7 heteroatoms. The maximum atomic E-state index is 13.4. The van der Waals surface area contributed by atoms with Gasteiger partial charge in [0.25, 0.3) is 5.91 Å². The molecule has 2 aliphatic rings. The van der Waals surface area contributed by atoms with Gasteiger partial charge in [-0.05, 0) is 55.5 Å². The zero-order valence-electron chi connectivity index (χ0n) is 19.8. The summed E-state index contributed by atoms with van der Waals surface area (Å²) in [6, 6.07) is 13.3. The summed E-state index contributed by atoms with van der Waals surface area (Å²) < 4.78 is 0. The molecule has 3 atom stereocenters. The molecule has 2 aromatic rings. The fourth-order valence-corrected chi connectivity index (χ4v) is 5.00. The molecule has 0 radical (unpaired) electrons. The summed E-state index contributed by atoms with van der Waals surface area (Å²) in [5, 5.41) is 3.19. The van der Waals surface area contributed by atoms with Gasteiger partial charge in [0, 0.05) is 11.3 Å². The molecule has 0 fully saturated rings. The van der Waals surface area contributed by atoms with Crippen LogP contribution in [0.3, 0.4) is 0 Å². The molecule has 2 aliphatic heterocycles. The Hall–Kier alpha value is -2.93. The third kappa shape index (κ3) is 4.47. The molecule has 0 unspecified atom stereocenters. The Morgan fingerprint density at radius 3 is 2.64 bits per heavy atom. The molecular formula is C26H30N4O2S. The highest BCUT2D eigenvalue weighted by Gasteiger charge is 2.43. The number of aliphatic imine (C=N–C) groups is 2. The van der Waals surface area contributed by atoms with Crippen LogP contribution in [0.15, 0.2) is 52.4 Å². The van der Waals surface area contributed by atoms with Crippen molar-refractivity contribution in [2.75, 3.05) is 5.32 Å². The minimum absolute atomic E-state index is 0.0649. The number of hydrogen-bond donors (Lipinski definition) is 1. The topological polar surface area (TPSA) is 74.1 Å². The van der Waals surface area contributed by atoms with E-state index >= 15 is 0 Å². The van der Waals surface area contributed by atoms with Crippen molar-refractivity contribution in [2.45, 2.75) is 58.8 Å². The lowest BCUT2D eigenvalue weighted by molar-refractivity contribution is -0.125. The molecule has 172 valence electrons. The standard InChI is InChI=1S/C26H30N4O2S/c1-6-16(4)22-25(32)30-23(29-22)18-10-8-9-11-19(18)28-26(30)33-21(7-2)24(31)27-20-14-15(3)12-13-17(20)5/h8-14,16,21-22H,6-7H2,1-5H3,(H,27,31)/t16-,21+,22-/m1/s1. The van der Waals surface area contributed by atoms with E-state index in [2.05, 4.69) is 12.2 Å². The number of fused-ring (bicyclic) bond motifs is 3. The minimum Gasteiger partial charge on any atom is -0.325 e. The van der Waals surface area contributed by atoms with Crippen molar-refractivity contribution >= 4 is 46.0 Å². The summed E-state index contributed by atoms with van der Waals surface area (Å²) in [6.07, 6.45) is 1.46. The van der Waals surface area contributed by atoms with Crippen molar-refractivity contribution in [3.05, 3.63) is 59.2 Å². The first-order valence-corrected chi connectivity index (χ1v) is 12.4. The quantitative estimate of drug-likeness (QED) is 0.620. The van der Waals surface area contributed by atoms with Crippen LogP contribution in [0, 0.1) is 19.8 Å². The van der Waals surface area contributed by atoms with Crippen molar-refractivity contribution < 1.29 is 9.59 Å². The third-order valence-electron chi connectivity index (χ3n) is 6.24. The van der Waals surface area contributed by atoms with Gasteiger partial charge in [0.2, 0.25) is 5.91 Å². The van der Waals surface area contributed by atoms with E-state index in [1.54, 1.807) is 4.90 Å². The van der Waals surface area contributed by atoms with Crippen LogP contribution < -0.4 is 5.32 Å². The second-order valence-corrected chi connectivity index (χ2v) is 9.86. The first-order chi connectivity index (χ1) is 15.8. The van der Waals surface area contributed by atoms with Crippen LogP contribution in [-0.2, 0) is 9.59 Å². The number of anilines is 1. The number of amides is 2. The number of nitrogens with zero attached hydrogens (tertiary/aromatic N) is 3. The molecule has 2 heterocycles. The SMILES string of the molecule is CC[C@H](SC1=Nc2ccccc2C2=N[C@H]([C@H](C)CC)C(=O)N12)C(=O)Nc1cc(C)ccc1C. The van der Waals surface area contributed by atoms with Crippen molar-refractivity contribution in [3.63, 3.8) is 0 Å². The predicted molar refractivity (Wildman–Crippen MR) is 136 cm³/mol. The molecule has 2 amide bonds. The Balaban J connectivity index is 1.64. The van der Waals surface area contributed by atoms with Crippen molar-refractivity contribution in [1.29, 1.82) is 0 Å². The molecule has 2 aromatic carbocycles. The highest BCUT2D eigenvalue weighted by molar-refractivity contribution is 8.15. The number of nitrogens with one attached hydrogen (secondary N) is 1. The van der Waals surface area contributed by atoms with E-state index in [1.807, 2.05) is 70.2 Å². The van der Waals surface area contributed by atoms with Gasteiger partial charge in [-0.1, -0.05) is 63.2 Å². The lowest BCUT2D eigenvalue weighted by atomic mass is 10.00. The Labute approximate surface area is 199 Å². The van der Waals surface area contributed by atoms with Gasteiger partial charge < -0.3 is 5.32 Å². The molecule has 4 rings (SSSR count). The average Bonchev–Trinajstić information content (AvgIpc) is 3.17. The number of benzene rings is 2. The zero-order chi connectivity index (χ0) is 23.7. The van der Waals surface area contributed by atoms with Gasteiger partial charge in [0.1, 0.15) is 11.9 Å². The van der Waals surface area contributed by atoms with E-state index in [9.17, 15) is 9.59 Å². The van der Waals surface area contributed by atoms with E-state index in [0.29, 0.717) is 17.4 Å². The van der Waals surface area contributed by atoms with Crippen LogP contribution in [0.5, 0.6) is 0 Å². The van der Waals surface area contributed by atoms with E-state index < -0.39 is 11.3 Å². The summed E-state index contributed by atoms with van der Waals surface area (Å²) in [4.78, 5) is 37.8. The molecule has 0 bridgehead atoms. The molecule has 0 aliphatic carbocycles. The molecule has 1 N–H and O–H groups in total. The number of rotatable bonds is 6. The van der Waals surface area contributed by atoms with Crippen LogP contribution in [0.25, 0.3) is 0 Å². The lowest BCUT2D eigenvalue weighted by Crippen LogP contribution is -2.43. The number of aryl methyl sites for hydroxylation is 2. The average molecular weight is 463 g/mol. The van der Waals surface area contributed by atoms with E-state index in [0.717, 1.165) is 34.5 Å². The highest BCUT2D eigenvalue weighted by atomic mass is 32.2. The third-order valence-corrected chi connectivity index (χ3v) is 7.56. The van der Waals surface area contributed by atoms with E-state index in [1.165, 1.54) is 11.8 Å². The number of carbonyl (C=O) groups is 2. The summed E-state index contributed by atoms with van der Waals surface area (Å²) in [5.74, 6) is 0.609. The van der Waals surface area contributed by atoms with E-state index in [-0.39, 0.29) is 17.7 Å². The van der Waals surface area contributed by atoms with Crippen molar-refractivity contribution in [1.82, 2.24) is 4.90 Å². The van der Waals surface area contributed by atoms with Crippen molar-refractivity contribution in [3.8, 4) is 0 Å².